The van der Waals surface area contributed by atoms with Gasteiger partial charge in [0.25, 0.3) is 0 Å². The van der Waals surface area contributed by atoms with Gasteiger partial charge < -0.3 is 20.1 Å². The van der Waals surface area contributed by atoms with Crippen molar-refractivity contribution in [2.45, 2.75) is 30.2 Å². The lowest BCUT2D eigenvalue weighted by atomic mass is 10.2. The quantitative estimate of drug-likeness (QED) is 0.574. The van der Waals surface area contributed by atoms with E-state index in [0.29, 0.717) is 24.1 Å². The molecule has 0 aromatic heterocycles. The van der Waals surface area contributed by atoms with Gasteiger partial charge in [-0.2, -0.15) is 0 Å². The van der Waals surface area contributed by atoms with Gasteiger partial charge in [0.05, 0.1) is 19.1 Å². The zero-order valence-corrected chi connectivity index (χ0v) is 15.3. The molecule has 0 bridgehead atoms. The van der Waals surface area contributed by atoms with Crippen LogP contribution in [0.5, 0.6) is 11.5 Å². The number of hydrogen-bond donors (Lipinski definition) is 3. The normalized spacial score (nSPS) is 17.3. The molecule has 1 amide bonds. The lowest BCUT2D eigenvalue weighted by Crippen LogP contribution is -2.38. The second kappa shape index (κ2) is 9.02. The van der Waals surface area contributed by atoms with Crippen molar-refractivity contribution in [2.24, 2.45) is 0 Å². The summed E-state index contributed by atoms with van der Waals surface area (Å²) in [4.78, 5) is 11.9. The molecule has 1 aliphatic rings. The molecule has 1 fully saturated rings. The Hall–Kier alpha value is -1.84. The predicted molar refractivity (Wildman–Crippen MR) is 93.4 cm³/mol. The Bertz CT molecular complexity index is 687. The van der Waals surface area contributed by atoms with Crippen LogP contribution >= 0.6 is 0 Å². The molecule has 25 heavy (non-hydrogen) atoms. The number of sulfonamides is 1. The highest BCUT2D eigenvalue weighted by Gasteiger charge is 2.18. The summed E-state index contributed by atoms with van der Waals surface area (Å²) in [6, 6.07) is 4.64. The molecule has 1 atom stereocenters. The summed E-state index contributed by atoms with van der Waals surface area (Å²) in [7, 11) is -0.810. The van der Waals surface area contributed by atoms with Crippen molar-refractivity contribution in [2.75, 3.05) is 33.9 Å². The summed E-state index contributed by atoms with van der Waals surface area (Å²) in [5, 5.41) is 6.10. The summed E-state index contributed by atoms with van der Waals surface area (Å²) < 4.78 is 37.2. The number of carbonyl (C=O) groups is 1. The minimum atomic E-state index is -3.72. The van der Waals surface area contributed by atoms with Crippen LogP contribution in [0.2, 0.25) is 0 Å². The van der Waals surface area contributed by atoms with Gasteiger partial charge in [0.2, 0.25) is 15.9 Å². The highest BCUT2D eigenvalue weighted by molar-refractivity contribution is 7.89. The maximum atomic E-state index is 12.3. The molecular weight excluding hydrogens is 346 g/mol. The summed E-state index contributed by atoms with van der Waals surface area (Å²) in [5.41, 5.74) is 0. The van der Waals surface area contributed by atoms with E-state index in [1.54, 1.807) is 0 Å². The molecule has 140 valence electrons. The standard InChI is InChI=1S/C16H25N3O5S/c1-23-14-6-5-13(10-15(14)24-2)25(21,22)19-9-7-16(20)18-11-12-4-3-8-17-12/h5-6,10,12,17,19H,3-4,7-9,11H2,1-2H3,(H,18,20). The van der Waals surface area contributed by atoms with Gasteiger partial charge in [0.1, 0.15) is 0 Å². The molecule has 1 unspecified atom stereocenters. The third-order valence-electron chi connectivity index (χ3n) is 4.02. The number of nitrogens with one attached hydrogen (secondary N) is 3. The van der Waals surface area contributed by atoms with Crippen LogP contribution in [0.15, 0.2) is 23.1 Å². The van der Waals surface area contributed by atoms with E-state index in [2.05, 4.69) is 15.4 Å². The molecule has 1 aromatic carbocycles. The van der Waals surface area contributed by atoms with E-state index in [1.165, 1.54) is 32.4 Å². The van der Waals surface area contributed by atoms with Crippen LogP contribution in [0.1, 0.15) is 19.3 Å². The molecule has 0 radical (unpaired) electrons. The first kappa shape index (κ1) is 19.5. The Balaban J connectivity index is 1.83. The van der Waals surface area contributed by atoms with E-state index in [9.17, 15) is 13.2 Å². The molecular formula is C16H25N3O5S. The number of ether oxygens (including phenoxy) is 2. The zero-order chi connectivity index (χ0) is 18.3. The summed E-state index contributed by atoms with van der Waals surface area (Å²) in [6.07, 6.45) is 2.25. The average molecular weight is 371 g/mol. The summed E-state index contributed by atoms with van der Waals surface area (Å²) in [6.45, 7) is 1.58. The van der Waals surface area contributed by atoms with Crippen molar-refractivity contribution in [3.05, 3.63) is 18.2 Å². The number of amides is 1. The minimum absolute atomic E-state index is 0.0284. The van der Waals surface area contributed by atoms with Crippen LogP contribution in [0.3, 0.4) is 0 Å². The van der Waals surface area contributed by atoms with Crippen molar-refractivity contribution in [1.82, 2.24) is 15.4 Å². The monoisotopic (exact) mass is 371 g/mol. The van der Waals surface area contributed by atoms with Gasteiger partial charge in [-0.05, 0) is 31.5 Å². The molecule has 3 N–H and O–H groups in total. The highest BCUT2D eigenvalue weighted by Crippen LogP contribution is 2.29. The predicted octanol–water partition coefficient (Wildman–Crippen LogP) is 0.240. The molecule has 2 rings (SSSR count). The maximum absolute atomic E-state index is 12.3. The molecule has 1 heterocycles. The SMILES string of the molecule is COc1ccc(S(=O)(=O)NCCC(=O)NCC2CCCN2)cc1OC. The van der Waals surface area contributed by atoms with Gasteiger partial charge in [0, 0.05) is 31.6 Å². The average Bonchev–Trinajstić information content (AvgIpc) is 3.12. The third kappa shape index (κ3) is 5.58. The second-order valence-corrected chi connectivity index (χ2v) is 7.53. The fourth-order valence-corrected chi connectivity index (χ4v) is 3.67. The van der Waals surface area contributed by atoms with E-state index in [4.69, 9.17) is 9.47 Å². The Morgan fingerprint density at radius 1 is 1.28 bits per heavy atom. The van der Waals surface area contributed by atoms with Crippen molar-refractivity contribution < 1.29 is 22.7 Å². The number of carbonyl (C=O) groups excluding carboxylic acids is 1. The van der Waals surface area contributed by atoms with Crippen LogP contribution in [-0.2, 0) is 14.8 Å². The Labute approximate surface area is 148 Å². The van der Waals surface area contributed by atoms with E-state index in [0.717, 1.165) is 19.4 Å². The van der Waals surface area contributed by atoms with E-state index >= 15 is 0 Å². The first-order chi connectivity index (χ1) is 12.0. The molecule has 1 aliphatic heterocycles. The third-order valence-corrected chi connectivity index (χ3v) is 5.48. The van der Waals surface area contributed by atoms with Crippen molar-refractivity contribution in [3.63, 3.8) is 0 Å². The largest absolute Gasteiger partial charge is 0.493 e. The fourth-order valence-electron chi connectivity index (χ4n) is 2.62. The molecule has 1 saturated heterocycles. The van der Waals surface area contributed by atoms with E-state index < -0.39 is 10.0 Å². The number of benzene rings is 1. The summed E-state index contributed by atoms with van der Waals surface area (Å²) >= 11 is 0. The topological polar surface area (TPSA) is 106 Å². The van der Waals surface area contributed by atoms with Gasteiger partial charge in [-0.15, -0.1) is 0 Å². The molecule has 0 spiro atoms. The Morgan fingerprint density at radius 2 is 2.04 bits per heavy atom. The number of rotatable bonds is 9. The van der Waals surface area contributed by atoms with Gasteiger partial charge in [0.15, 0.2) is 11.5 Å². The van der Waals surface area contributed by atoms with Gasteiger partial charge in [-0.3, -0.25) is 4.79 Å². The molecule has 0 aliphatic carbocycles. The maximum Gasteiger partial charge on any atom is 0.240 e. The lowest BCUT2D eigenvalue weighted by Gasteiger charge is -2.12. The van der Waals surface area contributed by atoms with Crippen molar-refractivity contribution in [1.29, 1.82) is 0 Å². The molecule has 1 aromatic rings. The first-order valence-electron chi connectivity index (χ1n) is 8.18. The fraction of sp³-hybridized carbons (Fsp3) is 0.562. The van der Waals surface area contributed by atoms with Crippen molar-refractivity contribution in [3.8, 4) is 11.5 Å². The number of hydrogen-bond acceptors (Lipinski definition) is 6. The van der Waals surface area contributed by atoms with E-state index in [1.807, 2.05) is 0 Å². The smallest absolute Gasteiger partial charge is 0.240 e. The van der Waals surface area contributed by atoms with Crippen LogP contribution in [0, 0.1) is 0 Å². The van der Waals surface area contributed by atoms with Crippen LogP contribution in [-0.4, -0.2) is 54.2 Å². The van der Waals surface area contributed by atoms with Gasteiger partial charge in [-0.1, -0.05) is 0 Å². The lowest BCUT2D eigenvalue weighted by molar-refractivity contribution is -0.121. The summed E-state index contributed by atoms with van der Waals surface area (Å²) in [5.74, 6) is 0.595. The molecule has 9 heteroatoms. The van der Waals surface area contributed by atoms with Crippen LogP contribution < -0.4 is 24.8 Å². The number of methoxy groups -OCH3 is 2. The van der Waals surface area contributed by atoms with Gasteiger partial charge >= 0.3 is 0 Å². The molecule has 8 nitrogen and oxygen atoms in total. The van der Waals surface area contributed by atoms with Crippen LogP contribution in [0.4, 0.5) is 0 Å². The Morgan fingerprint density at radius 3 is 2.68 bits per heavy atom. The zero-order valence-electron chi connectivity index (χ0n) is 14.5. The molecule has 0 saturated carbocycles. The van der Waals surface area contributed by atoms with Crippen LogP contribution in [0.25, 0.3) is 0 Å². The first-order valence-corrected chi connectivity index (χ1v) is 9.66. The van der Waals surface area contributed by atoms with Crippen molar-refractivity contribution >= 4 is 15.9 Å². The highest BCUT2D eigenvalue weighted by atomic mass is 32.2. The minimum Gasteiger partial charge on any atom is -0.493 e. The van der Waals surface area contributed by atoms with E-state index in [-0.39, 0.29) is 23.8 Å². The van der Waals surface area contributed by atoms with Gasteiger partial charge in [-0.25, -0.2) is 13.1 Å². The Kier molecular flexibility index (Phi) is 7.03. The second-order valence-electron chi connectivity index (χ2n) is 5.76.